The molecule has 0 saturated carbocycles. The lowest BCUT2D eigenvalue weighted by atomic mass is 9.94. The summed E-state index contributed by atoms with van der Waals surface area (Å²) >= 11 is 0. The van der Waals surface area contributed by atoms with Gasteiger partial charge in [0.2, 0.25) is 0 Å². The number of hydrogen-bond donors (Lipinski definition) is 0. The third kappa shape index (κ3) is 19.6. The highest BCUT2D eigenvalue weighted by Gasteiger charge is 2.61. The Bertz CT molecular complexity index is 3560. The average molecular weight is 1400 g/mol. The second-order valence-corrected chi connectivity index (χ2v) is 24.1. The molecule has 20 atom stereocenters. The van der Waals surface area contributed by atoms with Crippen LogP contribution in [0.25, 0.3) is 0 Å². The molecule has 6 aromatic rings. The quantitative estimate of drug-likeness (QED) is 0.0217. The third-order valence-electron chi connectivity index (χ3n) is 17.2. The lowest BCUT2D eigenvalue weighted by Gasteiger charge is -2.51. The molecule has 24 nitrogen and oxygen atoms in total. The lowest BCUT2D eigenvalue weighted by molar-refractivity contribution is -0.397. The summed E-state index contributed by atoms with van der Waals surface area (Å²) in [4.78, 5) is 72.0. The van der Waals surface area contributed by atoms with Crippen molar-refractivity contribution in [3.8, 4) is 0 Å². The summed E-state index contributed by atoms with van der Waals surface area (Å²) in [6.07, 6.45) is -26.7. The monoisotopic (exact) mass is 1390 g/mol. The van der Waals surface area contributed by atoms with E-state index < -0.39 is 153 Å². The van der Waals surface area contributed by atoms with Crippen LogP contribution in [0.2, 0.25) is 0 Å². The van der Waals surface area contributed by atoms with Crippen molar-refractivity contribution in [2.75, 3.05) is 34.5 Å². The molecule has 101 heavy (non-hydrogen) atoms. The molecule has 0 aliphatic carbocycles. The summed E-state index contributed by atoms with van der Waals surface area (Å²) in [5, 5.41) is 0. The van der Waals surface area contributed by atoms with Crippen molar-refractivity contribution in [2.45, 2.75) is 170 Å². The van der Waals surface area contributed by atoms with Crippen molar-refractivity contribution >= 4 is 29.8 Å². The number of esters is 5. The van der Waals surface area contributed by atoms with Gasteiger partial charge in [-0.3, -0.25) is 4.79 Å². The van der Waals surface area contributed by atoms with Gasteiger partial charge >= 0.3 is 29.8 Å². The summed E-state index contributed by atoms with van der Waals surface area (Å²) < 4.78 is 125. The summed E-state index contributed by atoms with van der Waals surface area (Å²) in [6, 6.07) is 53.1. The van der Waals surface area contributed by atoms with Crippen LogP contribution in [0.1, 0.15) is 63.7 Å². The fourth-order valence-electron chi connectivity index (χ4n) is 12.3. The van der Waals surface area contributed by atoms with Gasteiger partial charge in [0, 0.05) is 14.0 Å². The van der Waals surface area contributed by atoms with Gasteiger partial charge in [0.25, 0.3) is 0 Å². The molecule has 538 valence electrons. The molecule has 4 fully saturated rings. The molecule has 10 rings (SSSR count). The number of carbonyl (C=O) groups is 5. The van der Waals surface area contributed by atoms with Crippen LogP contribution in [0.5, 0.6) is 0 Å². The first-order valence-electron chi connectivity index (χ1n) is 33.2. The van der Waals surface area contributed by atoms with Crippen LogP contribution in [0.15, 0.2) is 207 Å². The summed E-state index contributed by atoms with van der Waals surface area (Å²) in [7, 11) is 3.70. The predicted molar refractivity (Wildman–Crippen MR) is 358 cm³/mol. The van der Waals surface area contributed by atoms with Crippen molar-refractivity contribution in [2.24, 2.45) is 0 Å². The number of hydrogen-bond acceptors (Lipinski definition) is 24. The Kier molecular flexibility index (Phi) is 27.9. The summed E-state index contributed by atoms with van der Waals surface area (Å²) in [6.45, 7) is 11.6. The van der Waals surface area contributed by atoms with Crippen molar-refractivity contribution in [1.82, 2.24) is 0 Å². The SMILES string of the molecule is C=CCO[C@@H]1[C@@H](OC(=O)c2ccccc2)[C@@H](OC(C)=O)[C@H](O[C@@H]2[C@H](OCc3ccccc3)[C@@H](OCc3ccccc3)[C@@H](O[C@H]3[C@H](O[C@@H]4[C@H](OCc5ccccc5)[C@@H](OCc5ccccc5)[C@@H](OC)O[C@@H]4C(=O)OC)O[C@@H](C)[C@H](OCC=C)[C@H]3OC(=O)c3ccccc3)O[C@@H]2C(=O)OC)O[C@H]1C. The van der Waals surface area contributed by atoms with E-state index in [0.29, 0.717) is 11.1 Å². The molecular formula is C77H86O24. The molecule has 4 heterocycles. The summed E-state index contributed by atoms with van der Waals surface area (Å²) in [5.74, 6) is -4.41. The smallest absolute Gasteiger partial charge is 0.338 e. The van der Waals surface area contributed by atoms with Gasteiger partial charge in [0.15, 0.2) is 61.8 Å². The molecule has 0 N–H and O–H groups in total. The molecule has 0 aromatic heterocycles. The molecule has 4 aliphatic heterocycles. The zero-order chi connectivity index (χ0) is 71.2. The normalized spacial score (nSPS) is 29.4. The Morgan fingerprint density at radius 3 is 1.03 bits per heavy atom. The Morgan fingerprint density at radius 2 is 0.673 bits per heavy atom. The van der Waals surface area contributed by atoms with Gasteiger partial charge in [-0.25, -0.2) is 19.2 Å². The van der Waals surface area contributed by atoms with Crippen LogP contribution < -0.4 is 0 Å². The maximum absolute atomic E-state index is 15.0. The molecule has 0 radical (unpaired) electrons. The molecule has 4 saturated heterocycles. The van der Waals surface area contributed by atoms with Crippen LogP contribution in [0, 0.1) is 0 Å². The van der Waals surface area contributed by atoms with Crippen LogP contribution in [-0.4, -0.2) is 187 Å². The zero-order valence-corrected chi connectivity index (χ0v) is 57.0. The highest BCUT2D eigenvalue weighted by Crippen LogP contribution is 2.41. The van der Waals surface area contributed by atoms with Gasteiger partial charge in [0.1, 0.15) is 48.8 Å². The Balaban J connectivity index is 1.12. The van der Waals surface area contributed by atoms with E-state index in [0.717, 1.165) is 25.2 Å². The Labute approximate surface area is 586 Å². The summed E-state index contributed by atoms with van der Waals surface area (Å²) in [5.41, 5.74) is 3.14. The molecule has 4 aliphatic rings. The molecule has 0 amide bonds. The number of benzene rings is 6. The molecular weight excluding hydrogens is 1310 g/mol. The lowest BCUT2D eigenvalue weighted by Crippen LogP contribution is -2.69. The van der Waals surface area contributed by atoms with Gasteiger partial charge in [-0.1, -0.05) is 170 Å². The zero-order valence-electron chi connectivity index (χ0n) is 57.0. The van der Waals surface area contributed by atoms with E-state index in [1.807, 2.05) is 121 Å². The Hall–Kier alpha value is -8.41. The first kappa shape index (κ1) is 75.3. The molecule has 6 aromatic carbocycles. The highest BCUT2D eigenvalue weighted by atomic mass is 16.8. The highest BCUT2D eigenvalue weighted by molar-refractivity contribution is 5.90. The van der Waals surface area contributed by atoms with E-state index in [4.69, 9.17) is 90.0 Å². The molecule has 24 heteroatoms. The first-order valence-corrected chi connectivity index (χ1v) is 33.2. The average Bonchev–Trinajstić information content (AvgIpc) is 0.761. The second kappa shape index (κ2) is 37.5. The molecule has 0 unspecified atom stereocenters. The van der Waals surface area contributed by atoms with E-state index in [9.17, 15) is 19.2 Å². The Morgan fingerprint density at radius 1 is 0.356 bits per heavy atom. The number of carbonyl (C=O) groups excluding carboxylic acids is 5. The van der Waals surface area contributed by atoms with Gasteiger partial charge in [-0.15, -0.1) is 13.2 Å². The fourth-order valence-corrected chi connectivity index (χ4v) is 12.3. The minimum absolute atomic E-state index is 0.0182. The number of ether oxygens (including phenoxy) is 19. The van der Waals surface area contributed by atoms with Crippen molar-refractivity contribution in [3.05, 3.63) is 241 Å². The van der Waals surface area contributed by atoms with Crippen molar-refractivity contribution < 1.29 is 114 Å². The van der Waals surface area contributed by atoms with E-state index in [1.165, 1.54) is 26.4 Å². The van der Waals surface area contributed by atoms with Gasteiger partial charge in [0.05, 0.1) is 77.2 Å². The minimum Gasteiger partial charge on any atom is -0.467 e. The standard InChI is InChI=1S/C77H86O24/c1-9-41-86-56-47(3)92-76(68(94-49(5)78)60(56)95-70(79)54-37-25-15-26-38-54)97-63-59(89-44-51-31-19-12-20-32-51)67(91-46-53-35-23-14-24-36-53)75(100-65(63)73(82)84-7)101-69-61(96-71(80)55-39-27-16-28-40-55)57(87-42-10-2)48(4)93-77(69)98-62-58(88-43-50-29-17-11-18-30-50)66(90-45-52-33-21-13-22-34-52)74(85-8)99-64(62)72(81)83-6/h9-40,47-48,56-69,74-77H,1-2,41-46H2,3-8H3/t47-,48-,56-,57-,58-,59-,60+,61+,62+,63+,64-,65-,66+,67+,68+,69+,74-,75+,76-,77-/m0/s1. The van der Waals surface area contributed by atoms with Crippen LogP contribution >= 0.6 is 0 Å². The minimum atomic E-state index is -1.90. The number of methoxy groups -OCH3 is 3. The van der Waals surface area contributed by atoms with Crippen molar-refractivity contribution in [1.29, 1.82) is 0 Å². The van der Waals surface area contributed by atoms with Gasteiger partial charge < -0.3 is 90.0 Å². The van der Waals surface area contributed by atoms with E-state index >= 15 is 4.79 Å². The van der Waals surface area contributed by atoms with Crippen LogP contribution in [0.3, 0.4) is 0 Å². The maximum Gasteiger partial charge on any atom is 0.338 e. The molecule has 0 spiro atoms. The van der Waals surface area contributed by atoms with Crippen molar-refractivity contribution in [3.63, 3.8) is 0 Å². The predicted octanol–water partition coefficient (Wildman–Crippen LogP) is 8.94. The van der Waals surface area contributed by atoms with Gasteiger partial charge in [-0.05, 0) is 60.4 Å². The topological polar surface area (TPSA) is 261 Å². The maximum atomic E-state index is 15.0. The molecule has 0 bridgehead atoms. The van der Waals surface area contributed by atoms with E-state index in [-0.39, 0.29) is 50.8 Å². The van der Waals surface area contributed by atoms with Crippen LogP contribution in [-0.2, 0) is 131 Å². The second-order valence-electron chi connectivity index (χ2n) is 24.1. The van der Waals surface area contributed by atoms with Crippen LogP contribution in [0.4, 0.5) is 0 Å². The van der Waals surface area contributed by atoms with Gasteiger partial charge in [-0.2, -0.15) is 0 Å². The largest absolute Gasteiger partial charge is 0.467 e. The fraction of sp³-hybridized carbons (Fsp3) is 0.416. The van der Waals surface area contributed by atoms with E-state index in [1.54, 1.807) is 74.5 Å². The number of rotatable bonds is 32. The third-order valence-corrected chi connectivity index (χ3v) is 17.2. The first-order chi connectivity index (χ1) is 49.2. The van der Waals surface area contributed by atoms with E-state index in [2.05, 4.69) is 13.2 Å².